The average Bonchev–Trinajstić information content (AvgIpc) is 2.31. The predicted octanol–water partition coefficient (Wildman–Crippen LogP) is 1.31. The molecule has 9 heteroatoms. The van der Waals surface area contributed by atoms with Gasteiger partial charge in [-0.2, -0.15) is 4.72 Å². The molecule has 0 radical (unpaired) electrons. The summed E-state index contributed by atoms with van der Waals surface area (Å²) < 4.78 is 25.7. The molecule has 2 N–H and O–H groups in total. The number of aliphatic carboxylic acids is 1. The number of hydrogen-bond acceptors (Lipinski definition) is 4. The van der Waals surface area contributed by atoms with E-state index in [2.05, 4.69) is 0 Å². The first-order chi connectivity index (χ1) is 8.77. The molecule has 6 nitrogen and oxygen atoms in total. The van der Waals surface area contributed by atoms with Crippen LogP contribution in [0.15, 0.2) is 23.1 Å². The minimum atomic E-state index is -4.10. The van der Waals surface area contributed by atoms with Crippen LogP contribution in [-0.2, 0) is 19.6 Å². The molecule has 0 heterocycles. The van der Waals surface area contributed by atoms with E-state index in [0.717, 1.165) is 6.07 Å². The fourth-order valence-electron chi connectivity index (χ4n) is 1.19. The minimum Gasteiger partial charge on any atom is -0.480 e. The fourth-order valence-corrected chi connectivity index (χ4v) is 2.79. The second kappa shape index (κ2) is 6.33. The van der Waals surface area contributed by atoms with Crippen LogP contribution in [0, 0.1) is 0 Å². The molecule has 0 saturated carbocycles. The van der Waals surface area contributed by atoms with Crippen LogP contribution in [0.5, 0.6) is 0 Å². The Balaban J connectivity index is 3.06. The summed E-state index contributed by atoms with van der Waals surface area (Å²) >= 11 is 11.3. The summed E-state index contributed by atoms with van der Waals surface area (Å²) in [6.45, 7) is 0. The average molecular weight is 326 g/mol. The van der Waals surface area contributed by atoms with Gasteiger partial charge in [-0.25, -0.2) is 8.42 Å². The Morgan fingerprint density at radius 1 is 1.37 bits per heavy atom. The summed E-state index contributed by atoms with van der Waals surface area (Å²) in [5.41, 5.74) is 0. The van der Waals surface area contributed by atoms with Gasteiger partial charge >= 0.3 is 5.97 Å². The molecule has 0 bridgehead atoms. The summed E-state index contributed by atoms with van der Waals surface area (Å²) in [7, 11) is -4.10. The van der Waals surface area contributed by atoms with Crippen LogP contribution in [-0.4, -0.2) is 31.8 Å². The monoisotopic (exact) mass is 325 g/mol. The lowest BCUT2D eigenvalue weighted by Crippen LogP contribution is -2.40. The molecular weight excluding hydrogens is 317 g/mol. The molecule has 1 aromatic carbocycles. The second-order valence-corrected chi connectivity index (χ2v) is 6.02. The zero-order valence-corrected chi connectivity index (χ0v) is 11.7. The van der Waals surface area contributed by atoms with Crippen LogP contribution in [0.3, 0.4) is 0 Å². The Kier molecular flexibility index (Phi) is 5.30. The van der Waals surface area contributed by atoms with Crippen LogP contribution in [0.2, 0.25) is 10.0 Å². The Labute approximate surface area is 119 Å². The summed E-state index contributed by atoms with van der Waals surface area (Å²) in [5.74, 6) is -1.45. The molecule has 0 fully saturated rings. The Morgan fingerprint density at radius 2 is 2.00 bits per heavy atom. The number of halogens is 2. The highest BCUT2D eigenvalue weighted by molar-refractivity contribution is 7.89. The molecule has 1 atom stereocenters. The van der Waals surface area contributed by atoms with E-state index in [9.17, 15) is 18.0 Å². The van der Waals surface area contributed by atoms with Crippen molar-refractivity contribution < 1.29 is 23.1 Å². The van der Waals surface area contributed by atoms with E-state index in [1.807, 2.05) is 4.72 Å². The molecule has 0 aliphatic rings. The zero-order chi connectivity index (χ0) is 14.6. The molecule has 1 rings (SSSR count). The summed E-state index contributed by atoms with van der Waals surface area (Å²) in [4.78, 5) is 20.9. The number of nitrogens with one attached hydrogen (secondary N) is 1. The van der Waals surface area contributed by atoms with E-state index in [4.69, 9.17) is 28.3 Å². The predicted molar refractivity (Wildman–Crippen MR) is 68.9 cm³/mol. The molecule has 0 spiro atoms. The lowest BCUT2D eigenvalue weighted by Gasteiger charge is -2.12. The van der Waals surface area contributed by atoms with Crippen LogP contribution < -0.4 is 4.72 Å². The molecule has 0 amide bonds. The number of hydrogen-bond donors (Lipinski definition) is 2. The molecule has 0 aliphatic carbocycles. The SMILES string of the molecule is O=CCC(NS(=O)(=O)c1ccc(Cl)c(Cl)c1)C(=O)O. The molecule has 0 aliphatic heterocycles. The summed E-state index contributed by atoms with van der Waals surface area (Å²) in [5, 5.41) is 8.97. The van der Waals surface area contributed by atoms with E-state index < -0.39 is 28.5 Å². The molecule has 1 unspecified atom stereocenters. The van der Waals surface area contributed by atoms with E-state index in [0.29, 0.717) is 6.29 Å². The second-order valence-electron chi connectivity index (χ2n) is 3.49. The summed E-state index contributed by atoms with van der Waals surface area (Å²) in [6, 6.07) is 2.01. The van der Waals surface area contributed by atoms with Gasteiger partial charge in [-0.05, 0) is 18.2 Å². The highest BCUT2D eigenvalue weighted by Gasteiger charge is 2.25. The van der Waals surface area contributed by atoms with Gasteiger partial charge in [0.15, 0.2) is 0 Å². The number of benzene rings is 1. The maximum atomic E-state index is 11.9. The quantitative estimate of drug-likeness (QED) is 0.768. The standard InChI is InChI=1S/C10H9Cl2NO5S/c11-7-2-1-6(5-8(7)12)19(17,18)13-9(3-4-14)10(15)16/h1-2,4-5,9,13H,3H2,(H,15,16). The first-order valence-electron chi connectivity index (χ1n) is 4.91. The van der Waals surface area contributed by atoms with E-state index in [1.54, 1.807) is 0 Å². The van der Waals surface area contributed by atoms with Crippen molar-refractivity contribution in [1.29, 1.82) is 0 Å². The smallest absolute Gasteiger partial charge is 0.322 e. The van der Waals surface area contributed by atoms with E-state index >= 15 is 0 Å². The van der Waals surface area contributed by atoms with Gasteiger partial charge in [0.2, 0.25) is 10.0 Å². The van der Waals surface area contributed by atoms with Crippen molar-refractivity contribution in [2.75, 3.05) is 0 Å². The normalized spacial score (nSPS) is 12.9. The van der Waals surface area contributed by atoms with Crippen molar-refractivity contribution in [1.82, 2.24) is 4.72 Å². The largest absolute Gasteiger partial charge is 0.480 e. The lowest BCUT2D eigenvalue weighted by molar-refractivity contribution is -0.139. The Hall–Kier alpha value is -1.15. The van der Waals surface area contributed by atoms with Crippen molar-refractivity contribution in [2.24, 2.45) is 0 Å². The van der Waals surface area contributed by atoms with Gasteiger partial charge in [0.25, 0.3) is 0 Å². The van der Waals surface area contributed by atoms with E-state index in [-0.39, 0.29) is 14.9 Å². The maximum absolute atomic E-state index is 11.9. The first kappa shape index (κ1) is 15.9. The third-order valence-corrected chi connectivity index (χ3v) is 4.34. The van der Waals surface area contributed by atoms with Crippen molar-refractivity contribution in [3.05, 3.63) is 28.2 Å². The Bertz CT molecular complexity index is 602. The number of aldehydes is 1. The Morgan fingerprint density at radius 3 is 2.47 bits per heavy atom. The third-order valence-electron chi connectivity index (χ3n) is 2.13. The molecular formula is C10H9Cl2NO5S. The number of sulfonamides is 1. The highest BCUT2D eigenvalue weighted by Crippen LogP contribution is 2.24. The van der Waals surface area contributed by atoms with Crippen LogP contribution >= 0.6 is 23.2 Å². The van der Waals surface area contributed by atoms with Crippen molar-refractivity contribution in [3.63, 3.8) is 0 Å². The number of carbonyl (C=O) groups is 2. The lowest BCUT2D eigenvalue weighted by atomic mass is 10.2. The number of carboxylic acid groups (broad SMARTS) is 1. The van der Waals surface area contributed by atoms with Gasteiger partial charge in [-0.3, -0.25) is 4.79 Å². The molecule has 0 aromatic heterocycles. The molecule has 0 saturated heterocycles. The van der Waals surface area contributed by atoms with Gasteiger partial charge < -0.3 is 9.90 Å². The molecule has 19 heavy (non-hydrogen) atoms. The maximum Gasteiger partial charge on any atom is 0.322 e. The van der Waals surface area contributed by atoms with Crippen molar-refractivity contribution in [2.45, 2.75) is 17.4 Å². The van der Waals surface area contributed by atoms with Gasteiger partial charge in [-0.1, -0.05) is 23.2 Å². The van der Waals surface area contributed by atoms with Crippen molar-refractivity contribution >= 4 is 45.5 Å². The zero-order valence-electron chi connectivity index (χ0n) is 9.34. The topological polar surface area (TPSA) is 101 Å². The van der Waals surface area contributed by atoms with Crippen molar-refractivity contribution in [3.8, 4) is 0 Å². The fraction of sp³-hybridized carbons (Fsp3) is 0.200. The van der Waals surface area contributed by atoms with Crippen LogP contribution in [0.1, 0.15) is 6.42 Å². The number of carbonyl (C=O) groups excluding carboxylic acids is 1. The van der Waals surface area contributed by atoms with Gasteiger partial charge in [0.1, 0.15) is 12.3 Å². The number of carboxylic acids is 1. The first-order valence-corrected chi connectivity index (χ1v) is 7.15. The van der Waals surface area contributed by atoms with Gasteiger partial charge in [0, 0.05) is 6.42 Å². The van der Waals surface area contributed by atoms with Gasteiger partial charge in [0.05, 0.1) is 14.9 Å². The molecule has 1 aromatic rings. The number of rotatable bonds is 6. The van der Waals surface area contributed by atoms with E-state index in [1.165, 1.54) is 12.1 Å². The van der Waals surface area contributed by atoms with Gasteiger partial charge in [-0.15, -0.1) is 0 Å². The highest BCUT2D eigenvalue weighted by atomic mass is 35.5. The van der Waals surface area contributed by atoms with Crippen LogP contribution in [0.4, 0.5) is 0 Å². The van der Waals surface area contributed by atoms with Crippen LogP contribution in [0.25, 0.3) is 0 Å². The third kappa shape index (κ3) is 4.17. The molecule has 104 valence electrons. The minimum absolute atomic E-state index is 0.0202. The summed E-state index contributed by atoms with van der Waals surface area (Å²) in [6.07, 6.45) is -0.161.